The molecule has 6 heteroatoms. The Labute approximate surface area is 124 Å². The highest BCUT2D eigenvalue weighted by Crippen LogP contribution is 2.22. The largest absolute Gasteiger partial charge is 0.339 e. The molecule has 20 heavy (non-hydrogen) atoms. The van der Waals surface area contributed by atoms with E-state index in [4.69, 9.17) is 10.7 Å². The molecular weight excluding hydrogens is 298 g/mol. The van der Waals surface area contributed by atoms with E-state index in [9.17, 15) is 13.2 Å². The van der Waals surface area contributed by atoms with Crippen LogP contribution in [0.4, 0.5) is 0 Å². The molecule has 0 aromatic heterocycles. The highest BCUT2D eigenvalue weighted by molar-refractivity contribution is 8.13. The zero-order chi connectivity index (χ0) is 14.6. The Morgan fingerprint density at radius 1 is 1.00 bits per heavy atom. The molecule has 1 amide bonds. The van der Waals surface area contributed by atoms with Crippen LogP contribution in [0.15, 0.2) is 29.2 Å². The molecule has 0 radical (unpaired) electrons. The van der Waals surface area contributed by atoms with Crippen molar-refractivity contribution >= 4 is 25.6 Å². The number of amides is 1. The second-order valence-electron chi connectivity index (χ2n) is 4.99. The fraction of sp³-hybridized carbons (Fsp3) is 0.500. The Morgan fingerprint density at radius 2 is 1.55 bits per heavy atom. The number of carbonyl (C=O) groups is 1. The number of nitrogens with zero attached hydrogens (tertiary/aromatic N) is 1. The van der Waals surface area contributed by atoms with E-state index in [0.29, 0.717) is 13.1 Å². The molecule has 0 N–H and O–H groups in total. The van der Waals surface area contributed by atoms with Gasteiger partial charge >= 0.3 is 0 Å². The van der Waals surface area contributed by atoms with Gasteiger partial charge in [-0.2, -0.15) is 0 Å². The summed E-state index contributed by atoms with van der Waals surface area (Å²) in [6.45, 7) is 1.35. The Hall–Kier alpha value is -1.07. The molecule has 1 saturated heterocycles. The maximum atomic E-state index is 12.5. The minimum absolute atomic E-state index is 0.103. The molecule has 1 aliphatic rings. The van der Waals surface area contributed by atoms with E-state index in [1.54, 1.807) is 17.0 Å². The molecule has 2 rings (SSSR count). The van der Waals surface area contributed by atoms with Crippen molar-refractivity contribution in [2.75, 3.05) is 13.1 Å². The molecule has 0 unspecified atom stereocenters. The van der Waals surface area contributed by atoms with Crippen molar-refractivity contribution in [1.82, 2.24) is 4.90 Å². The molecule has 0 saturated carbocycles. The van der Waals surface area contributed by atoms with Gasteiger partial charge in [-0.25, -0.2) is 8.42 Å². The van der Waals surface area contributed by atoms with Gasteiger partial charge < -0.3 is 4.90 Å². The molecule has 0 aliphatic carbocycles. The molecule has 1 aromatic carbocycles. The Balaban J connectivity index is 2.28. The molecule has 4 nitrogen and oxygen atoms in total. The standard InChI is InChI=1S/C14H18ClNO3S/c15-20(18,19)13-9-5-4-8-12(13)14(17)16-10-6-2-1-3-7-11-16/h4-5,8-9H,1-3,6-7,10-11H2. The predicted octanol–water partition coefficient (Wildman–Crippen LogP) is 3.02. The second-order valence-corrected chi connectivity index (χ2v) is 7.53. The summed E-state index contributed by atoms with van der Waals surface area (Å²) in [4.78, 5) is 14.2. The quantitative estimate of drug-likeness (QED) is 0.788. The topological polar surface area (TPSA) is 54.5 Å². The smallest absolute Gasteiger partial charge is 0.262 e. The first-order chi connectivity index (χ1) is 9.50. The van der Waals surface area contributed by atoms with Gasteiger partial charge in [0.25, 0.3) is 15.0 Å². The molecule has 1 aliphatic heterocycles. The lowest BCUT2D eigenvalue weighted by molar-refractivity contribution is 0.0738. The van der Waals surface area contributed by atoms with Crippen molar-refractivity contribution in [1.29, 1.82) is 0 Å². The second kappa shape index (κ2) is 6.59. The Kier molecular flexibility index (Phi) is 5.05. The van der Waals surface area contributed by atoms with Crippen LogP contribution in [0.2, 0.25) is 0 Å². The van der Waals surface area contributed by atoms with Gasteiger partial charge in [0.1, 0.15) is 0 Å². The van der Waals surface area contributed by atoms with Crippen molar-refractivity contribution in [3.8, 4) is 0 Å². The maximum absolute atomic E-state index is 12.5. The number of rotatable bonds is 2. The number of carbonyl (C=O) groups excluding carboxylic acids is 1. The number of hydrogen-bond donors (Lipinski definition) is 0. The summed E-state index contributed by atoms with van der Waals surface area (Å²) in [6.07, 6.45) is 5.34. The zero-order valence-electron chi connectivity index (χ0n) is 11.2. The van der Waals surface area contributed by atoms with Crippen molar-refractivity contribution in [3.63, 3.8) is 0 Å². The van der Waals surface area contributed by atoms with Crippen LogP contribution in [-0.4, -0.2) is 32.3 Å². The average molecular weight is 316 g/mol. The van der Waals surface area contributed by atoms with Gasteiger partial charge in [-0.1, -0.05) is 31.4 Å². The Morgan fingerprint density at radius 3 is 2.15 bits per heavy atom. The van der Waals surface area contributed by atoms with Gasteiger partial charge in [0.15, 0.2) is 0 Å². The van der Waals surface area contributed by atoms with Crippen molar-refractivity contribution in [3.05, 3.63) is 29.8 Å². The van der Waals surface area contributed by atoms with Crippen LogP contribution in [-0.2, 0) is 9.05 Å². The summed E-state index contributed by atoms with van der Waals surface area (Å²) < 4.78 is 23.1. The van der Waals surface area contributed by atoms with Gasteiger partial charge in [-0.05, 0) is 25.0 Å². The molecule has 0 atom stereocenters. The van der Waals surface area contributed by atoms with Gasteiger partial charge in [0, 0.05) is 23.8 Å². The van der Waals surface area contributed by atoms with E-state index in [-0.39, 0.29) is 16.4 Å². The monoisotopic (exact) mass is 315 g/mol. The van der Waals surface area contributed by atoms with Gasteiger partial charge in [0.05, 0.1) is 10.5 Å². The summed E-state index contributed by atoms with van der Waals surface area (Å²) in [5, 5.41) is 0. The molecule has 110 valence electrons. The van der Waals surface area contributed by atoms with Crippen LogP contribution in [0.5, 0.6) is 0 Å². The molecule has 0 bridgehead atoms. The van der Waals surface area contributed by atoms with Crippen molar-refractivity contribution in [2.45, 2.75) is 37.0 Å². The van der Waals surface area contributed by atoms with Crippen LogP contribution in [0.25, 0.3) is 0 Å². The first kappa shape index (κ1) is 15.3. The predicted molar refractivity (Wildman–Crippen MR) is 78.5 cm³/mol. The third-order valence-corrected chi connectivity index (χ3v) is 4.90. The lowest BCUT2D eigenvalue weighted by Gasteiger charge is -2.25. The highest BCUT2D eigenvalue weighted by Gasteiger charge is 2.24. The number of halogens is 1. The van der Waals surface area contributed by atoms with Gasteiger partial charge in [0.2, 0.25) is 0 Å². The minimum Gasteiger partial charge on any atom is -0.339 e. The van der Waals surface area contributed by atoms with E-state index >= 15 is 0 Å². The normalized spacial score (nSPS) is 17.4. The van der Waals surface area contributed by atoms with E-state index in [1.807, 2.05) is 0 Å². The summed E-state index contributed by atoms with van der Waals surface area (Å²) in [5.74, 6) is -0.244. The van der Waals surface area contributed by atoms with Gasteiger partial charge in [-0.15, -0.1) is 0 Å². The molecule has 0 spiro atoms. The maximum Gasteiger partial charge on any atom is 0.262 e. The van der Waals surface area contributed by atoms with E-state index < -0.39 is 9.05 Å². The summed E-state index contributed by atoms with van der Waals surface area (Å²) in [6, 6.07) is 6.12. The van der Waals surface area contributed by atoms with Crippen LogP contribution < -0.4 is 0 Å². The van der Waals surface area contributed by atoms with Crippen LogP contribution in [0.1, 0.15) is 42.5 Å². The zero-order valence-corrected chi connectivity index (χ0v) is 12.8. The number of likely N-dealkylation sites (tertiary alicyclic amines) is 1. The van der Waals surface area contributed by atoms with Crippen molar-refractivity contribution in [2.24, 2.45) is 0 Å². The fourth-order valence-corrected chi connectivity index (χ4v) is 3.54. The van der Waals surface area contributed by atoms with Crippen LogP contribution in [0.3, 0.4) is 0 Å². The summed E-state index contributed by atoms with van der Waals surface area (Å²) >= 11 is 0. The van der Waals surface area contributed by atoms with E-state index in [1.165, 1.54) is 18.6 Å². The lowest BCUT2D eigenvalue weighted by Crippen LogP contribution is -2.34. The first-order valence-corrected chi connectivity index (χ1v) is 9.14. The third kappa shape index (κ3) is 3.73. The third-order valence-electron chi connectivity index (χ3n) is 3.52. The first-order valence-electron chi connectivity index (χ1n) is 6.83. The fourth-order valence-electron chi connectivity index (χ4n) is 2.48. The number of benzene rings is 1. The van der Waals surface area contributed by atoms with Crippen LogP contribution >= 0.6 is 10.7 Å². The number of hydrogen-bond acceptors (Lipinski definition) is 3. The summed E-state index contributed by atoms with van der Waals surface area (Å²) in [5.41, 5.74) is 0.170. The van der Waals surface area contributed by atoms with Crippen molar-refractivity contribution < 1.29 is 13.2 Å². The minimum atomic E-state index is -3.91. The molecule has 1 heterocycles. The lowest BCUT2D eigenvalue weighted by atomic mass is 10.1. The van der Waals surface area contributed by atoms with Crippen LogP contribution in [0, 0.1) is 0 Å². The van der Waals surface area contributed by atoms with E-state index in [2.05, 4.69) is 0 Å². The van der Waals surface area contributed by atoms with Gasteiger partial charge in [-0.3, -0.25) is 4.79 Å². The SMILES string of the molecule is O=C(c1ccccc1S(=O)(=O)Cl)N1CCCCCCC1. The molecular formula is C14H18ClNO3S. The van der Waals surface area contributed by atoms with E-state index in [0.717, 1.165) is 25.7 Å². The average Bonchev–Trinajstić information content (AvgIpc) is 2.37. The molecule has 1 fully saturated rings. The highest BCUT2D eigenvalue weighted by atomic mass is 35.7. The summed E-state index contributed by atoms with van der Waals surface area (Å²) in [7, 11) is 1.50. The Bertz CT molecular complexity index is 578. The molecule has 1 aromatic rings.